The molecule has 3 heterocycles. The summed E-state index contributed by atoms with van der Waals surface area (Å²) >= 11 is 1.64. The molecule has 0 aliphatic carbocycles. The van der Waals surface area contributed by atoms with E-state index in [0.29, 0.717) is 18.8 Å². The summed E-state index contributed by atoms with van der Waals surface area (Å²) in [6, 6.07) is 11.8. The van der Waals surface area contributed by atoms with Gasteiger partial charge in [-0.1, -0.05) is 30.3 Å². The fourth-order valence-corrected chi connectivity index (χ4v) is 3.71. The van der Waals surface area contributed by atoms with Gasteiger partial charge in [-0.3, -0.25) is 0 Å². The third kappa shape index (κ3) is 3.65. The van der Waals surface area contributed by atoms with Crippen molar-refractivity contribution in [3.63, 3.8) is 0 Å². The predicted molar refractivity (Wildman–Crippen MR) is 102 cm³/mol. The van der Waals surface area contributed by atoms with E-state index in [9.17, 15) is 4.79 Å². The van der Waals surface area contributed by atoms with Gasteiger partial charge in [-0.2, -0.15) is 10.2 Å². The molecule has 1 saturated heterocycles. The summed E-state index contributed by atoms with van der Waals surface area (Å²) < 4.78 is 0. The summed E-state index contributed by atoms with van der Waals surface area (Å²) in [7, 11) is 0. The molecule has 132 valence electrons. The second-order valence-electron chi connectivity index (χ2n) is 5.92. The molecule has 2 aromatic heterocycles. The average Bonchev–Trinajstić information content (AvgIpc) is 3.20. The van der Waals surface area contributed by atoms with Gasteiger partial charge in [-0.15, -0.1) is 11.3 Å². The molecule has 7 nitrogen and oxygen atoms in total. The highest BCUT2D eigenvalue weighted by Crippen LogP contribution is 2.28. The zero-order chi connectivity index (χ0) is 17.8. The van der Waals surface area contributed by atoms with Crippen molar-refractivity contribution in [2.75, 3.05) is 36.4 Å². The third-order valence-corrected chi connectivity index (χ3v) is 5.14. The van der Waals surface area contributed by atoms with Crippen LogP contribution in [0.5, 0.6) is 0 Å². The average molecular weight is 366 g/mol. The number of aromatic nitrogens is 3. The zero-order valence-corrected chi connectivity index (χ0v) is 14.9. The number of nitrogens with zero attached hydrogens (tertiary/aromatic N) is 5. The molecule has 4 rings (SSSR count). The molecule has 0 bridgehead atoms. The SMILES string of the molecule is O=C(Nc1ccnnc1)N1CCN(c2nc(-c3ccccc3)cs2)CC1. The van der Waals surface area contributed by atoms with Crippen molar-refractivity contribution in [2.45, 2.75) is 0 Å². The minimum absolute atomic E-state index is 0.109. The molecule has 0 radical (unpaired) electrons. The van der Waals surface area contributed by atoms with Gasteiger partial charge in [0.05, 0.1) is 23.8 Å². The Labute approximate surface area is 155 Å². The van der Waals surface area contributed by atoms with Crippen LogP contribution in [-0.2, 0) is 0 Å². The quantitative estimate of drug-likeness (QED) is 0.771. The van der Waals surface area contributed by atoms with Gasteiger partial charge in [0.1, 0.15) is 0 Å². The van der Waals surface area contributed by atoms with Gasteiger partial charge < -0.3 is 15.1 Å². The number of piperazine rings is 1. The highest BCUT2D eigenvalue weighted by molar-refractivity contribution is 7.14. The molecule has 1 N–H and O–H groups in total. The number of urea groups is 1. The second-order valence-corrected chi connectivity index (χ2v) is 6.75. The molecule has 1 fully saturated rings. The number of rotatable bonds is 3. The number of nitrogens with one attached hydrogen (secondary N) is 1. The summed E-state index contributed by atoms with van der Waals surface area (Å²) in [5.74, 6) is 0. The van der Waals surface area contributed by atoms with E-state index in [1.807, 2.05) is 23.1 Å². The largest absolute Gasteiger partial charge is 0.345 e. The smallest absolute Gasteiger partial charge is 0.322 e. The fraction of sp³-hybridized carbons (Fsp3) is 0.222. The molecule has 0 atom stereocenters. The maximum absolute atomic E-state index is 12.3. The maximum Gasteiger partial charge on any atom is 0.322 e. The van der Waals surface area contributed by atoms with E-state index in [1.54, 1.807) is 23.6 Å². The number of hydrogen-bond acceptors (Lipinski definition) is 6. The van der Waals surface area contributed by atoms with Crippen molar-refractivity contribution in [3.05, 3.63) is 54.2 Å². The highest BCUT2D eigenvalue weighted by atomic mass is 32.1. The van der Waals surface area contributed by atoms with Gasteiger partial charge in [0.25, 0.3) is 0 Å². The van der Waals surface area contributed by atoms with E-state index in [4.69, 9.17) is 4.98 Å². The number of thiazole rings is 1. The summed E-state index contributed by atoms with van der Waals surface area (Å²) in [4.78, 5) is 21.1. The van der Waals surface area contributed by atoms with Crippen LogP contribution in [-0.4, -0.2) is 52.3 Å². The molecule has 0 saturated carbocycles. The summed E-state index contributed by atoms with van der Waals surface area (Å²) in [6.45, 7) is 2.85. The van der Waals surface area contributed by atoms with Gasteiger partial charge in [0.15, 0.2) is 5.13 Å². The lowest BCUT2D eigenvalue weighted by molar-refractivity contribution is 0.208. The number of benzene rings is 1. The van der Waals surface area contributed by atoms with Crippen LogP contribution in [0, 0.1) is 0 Å². The molecule has 3 aromatic rings. The molecule has 2 amide bonds. The fourth-order valence-electron chi connectivity index (χ4n) is 2.82. The molecule has 8 heteroatoms. The second kappa shape index (κ2) is 7.49. The lowest BCUT2D eigenvalue weighted by atomic mass is 10.2. The number of carbonyl (C=O) groups is 1. The molecular formula is C18H18N6OS. The van der Waals surface area contributed by atoms with E-state index in [2.05, 4.69) is 37.9 Å². The predicted octanol–water partition coefficient (Wildman–Crippen LogP) is 2.95. The Kier molecular flexibility index (Phi) is 4.74. The van der Waals surface area contributed by atoms with Crippen molar-refractivity contribution in [2.24, 2.45) is 0 Å². The van der Waals surface area contributed by atoms with Crippen LogP contribution in [0.2, 0.25) is 0 Å². The summed E-state index contributed by atoms with van der Waals surface area (Å²) in [5.41, 5.74) is 2.77. The molecule has 1 aliphatic rings. The normalized spacial score (nSPS) is 14.3. The van der Waals surface area contributed by atoms with Gasteiger partial charge in [-0.25, -0.2) is 9.78 Å². The minimum Gasteiger partial charge on any atom is -0.345 e. The van der Waals surface area contributed by atoms with Crippen molar-refractivity contribution >= 4 is 28.2 Å². The van der Waals surface area contributed by atoms with E-state index in [1.165, 1.54) is 6.20 Å². The number of carbonyl (C=O) groups excluding carboxylic acids is 1. The van der Waals surface area contributed by atoms with Crippen molar-refractivity contribution in [3.8, 4) is 11.3 Å². The highest BCUT2D eigenvalue weighted by Gasteiger charge is 2.23. The zero-order valence-electron chi connectivity index (χ0n) is 14.1. The van der Waals surface area contributed by atoms with E-state index in [-0.39, 0.29) is 6.03 Å². The summed E-state index contributed by atoms with van der Waals surface area (Å²) in [6.07, 6.45) is 3.09. The van der Waals surface area contributed by atoms with Gasteiger partial charge in [-0.05, 0) is 6.07 Å². The van der Waals surface area contributed by atoms with Crippen LogP contribution >= 0.6 is 11.3 Å². The van der Waals surface area contributed by atoms with Gasteiger partial charge in [0.2, 0.25) is 0 Å². The van der Waals surface area contributed by atoms with E-state index >= 15 is 0 Å². The Morgan fingerprint density at radius 2 is 1.85 bits per heavy atom. The molecule has 1 aromatic carbocycles. The molecule has 0 unspecified atom stereocenters. The Hall–Kier alpha value is -3.00. The first kappa shape index (κ1) is 16.5. The van der Waals surface area contributed by atoms with Crippen LogP contribution in [0.4, 0.5) is 15.6 Å². The minimum atomic E-state index is -0.109. The van der Waals surface area contributed by atoms with Crippen LogP contribution < -0.4 is 10.2 Å². The number of hydrogen-bond donors (Lipinski definition) is 1. The van der Waals surface area contributed by atoms with Gasteiger partial charge >= 0.3 is 6.03 Å². The monoisotopic (exact) mass is 366 g/mol. The maximum atomic E-state index is 12.3. The number of anilines is 2. The van der Waals surface area contributed by atoms with Crippen LogP contribution in [0.25, 0.3) is 11.3 Å². The van der Waals surface area contributed by atoms with Gasteiger partial charge in [0, 0.05) is 37.1 Å². The van der Waals surface area contributed by atoms with E-state index < -0.39 is 0 Å². The van der Waals surface area contributed by atoms with Crippen LogP contribution in [0.15, 0.2) is 54.2 Å². The first-order chi connectivity index (χ1) is 12.8. The molecule has 26 heavy (non-hydrogen) atoms. The van der Waals surface area contributed by atoms with Crippen LogP contribution in [0.1, 0.15) is 0 Å². The van der Waals surface area contributed by atoms with Crippen molar-refractivity contribution < 1.29 is 4.79 Å². The Morgan fingerprint density at radius 3 is 2.58 bits per heavy atom. The number of amides is 2. The Morgan fingerprint density at radius 1 is 1.04 bits per heavy atom. The third-order valence-electron chi connectivity index (χ3n) is 4.23. The van der Waals surface area contributed by atoms with Crippen molar-refractivity contribution in [1.29, 1.82) is 0 Å². The van der Waals surface area contributed by atoms with E-state index in [0.717, 1.165) is 29.5 Å². The first-order valence-corrected chi connectivity index (χ1v) is 9.26. The first-order valence-electron chi connectivity index (χ1n) is 8.38. The molecular weight excluding hydrogens is 348 g/mol. The van der Waals surface area contributed by atoms with Crippen LogP contribution in [0.3, 0.4) is 0 Å². The lowest BCUT2D eigenvalue weighted by Gasteiger charge is -2.34. The topological polar surface area (TPSA) is 74.2 Å². The Bertz CT molecular complexity index is 862. The lowest BCUT2D eigenvalue weighted by Crippen LogP contribution is -2.50. The summed E-state index contributed by atoms with van der Waals surface area (Å²) in [5, 5.41) is 13.4. The van der Waals surface area contributed by atoms with Crippen molar-refractivity contribution in [1.82, 2.24) is 20.1 Å². The molecule has 1 aliphatic heterocycles. The Balaban J connectivity index is 1.35. The molecule has 0 spiro atoms. The standard InChI is InChI=1S/C18H18N6OS/c25-17(21-15-6-7-19-20-12-15)23-8-10-24(11-9-23)18-22-16(13-26-18)14-4-2-1-3-5-14/h1-7,12-13H,8-11H2,(H,19,21,25).